The summed E-state index contributed by atoms with van der Waals surface area (Å²) < 4.78 is 53.2. The minimum absolute atomic E-state index is 0.0606. The second-order valence-corrected chi connectivity index (χ2v) is 15.8. The molecule has 320 valence electrons. The van der Waals surface area contributed by atoms with E-state index in [2.05, 4.69) is 4.98 Å². The average Bonchev–Trinajstić information content (AvgIpc) is 3.76. The van der Waals surface area contributed by atoms with Crippen molar-refractivity contribution in [2.75, 3.05) is 13.2 Å². The Morgan fingerprint density at radius 1 is 0.881 bits per heavy atom. The monoisotopic (exact) mass is 831 g/mol. The maximum Gasteiger partial charge on any atom is 0.341 e. The molecule has 4 heterocycles. The summed E-state index contributed by atoms with van der Waals surface area (Å²) in [4.78, 5) is 98.8. The van der Waals surface area contributed by atoms with Crippen LogP contribution in [0.5, 0.6) is 0 Å². The van der Waals surface area contributed by atoms with Crippen LogP contribution in [0.3, 0.4) is 0 Å². The molecule has 3 fully saturated rings. The summed E-state index contributed by atoms with van der Waals surface area (Å²) in [5, 5.41) is 37.5. The number of hydrogen-bond donors (Lipinski definition) is 3. The second-order valence-electron chi connectivity index (χ2n) is 15.8. The van der Waals surface area contributed by atoms with E-state index < -0.39 is 131 Å². The maximum absolute atomic E-state index is 14.3. The Labute approximate surface area is 336 Å². The minimum atomic E-state index is -2.94. The molecule has 1 saturated heterocycles. The predicted octanol–water partition coefficient (Wildman–Crippen LogP) is 0.465. The summed E-state index contributed by atoms with van der Waals surface area (Å²) in [6.07, 6.45) is -8.35. The Morgan fingerprint density at radius 2 is 1.51 bits per heavy atom. The Balaban J connectivity index is 1.76. The first-order chi connectivity index (χ1) is 27.5. The van der Waals surface area contributed by atoms with E-state index in [0.717, 1.165) is 60.3 Å². The average molecular weight is 832 g/mol. The molecule has 4 aliphatic rings. The van der Waals surface area contributed by atoms with Gasteiger partial charge in [0.05, 0.1) is 23.3 Å². The highest BCUT2D eigenvalue weighted by atomic mass is 16.7. The summed E-state index contributed by atoms with van der Waals surface area (Å²) in [6.45, 7) is 6.66. The Bertz CT molecular complexity index is 2050. The Morgan fingerprint density at radius 3 is 2.10 bits per heavy atom. The molecule has 2 saturated carbocycles. The third-order valence-corrected chi connectivity index (χ3v) is 12.0. The third-order valence-electron chi connectivity index (χ3n) is 12.0. The molecule has 2 aromatic rings. The number of furan rings is 1. The van der Waals surface area contributed by atoms with E-state index in [1.54, 1.807) is 0 Å². The molecule has 2 aromatic heterocycles. The number of aliphatic hydroxyl groups is 3. The minimum Gasteiger partial charge on any atom is -0.472 e. The van der Waals surface area contributed by atoms with Gasteiger partial charge >= 0.3 is 41.8 Å². The molecule has 2 aliphatic carbocycles. The lowest BCUT2D eigenvalue weighted by molar-refractivity contribution is -0.387. The number of rotatable bonds is 7. The van der Waals surface area contributed by atoms with E-state index in [1.165, 1.54) is 32.2 Å². The van der Waals surface area contributed by atoms with Crippen LogP contribution >= 0.6 is 0 Å². The fourth-order valence-electron chi connectivity index (χ4n) is 9.39. The van der Waals surface area contributed by atoms with Crippen LogP contribution in [0, 0.1) is 11.3 Å². The normalized spacial score (nSPS) is 38.7. The van der Waals surface area contributed by atoms with Gasteiger partial charge in [-0.3, -0.25) is 24.2 Å². The number of carbonyl (C=O) groups excluding carboxylic acids is 7. The van der Waals surface area contributed by atoms with Crippen LogP contribution in [0.25, 0.3) is 0 Å². The maximum atomic E-state index is 14.3. The number of hydrogen-bond acceptors (Lipinski definition) is 20. The molecule has 20 heteroatoms. The zero-order valence-corrected chi connectivity index (χ0v) is 33.3. The lowest BCUT2D eigenvalue weighted by Crippen LogP contribution is -2.89. The van der Waals surface area contributed by atoms with Crippen LogP contribution in [0.4, 0.5) is 0 Å². The van der Waals surface area contributed by atoms with Crippen LogP contribution in [-0.4, -0.2) is 134 Å². The van der Waals surface area contributed by atoms with Crippen molar-refractivity contribution < 1.29 is 91.2 Å². The van der Waals surface area contributed by atoms with E-state index in [1.807, 2.05) is 0 Å². The molecule has 0 aromatic carbocycles. The third kappa shape index (κ3) is 6.61. The summed E-state index contributed by atoms with van der Waals surface area (Å²) in [7, 11) is 0. The van der Waals surface area contributed by atoms with Gasteiger partial charge in [0.2, 0.25) is 0 Å². The van der Waals surface area contributed by atoms with Crippen molar-refractivity contribution in [3.63, 3.8) is 0 Å². The number of esters is 7. The van der Waals surface area contributed by atoms with Gasteiger partial charge in [0.1, 0.15) is 60.5 Å². The first-order valence-electron chi connectivity index (χ1n) is 18.5. The van der Waals surface area contributed by atoms with Crippen molar-refractivity contribution in [3.05, 3.63) is 53.7 Å². The molecular weight excluding hydrogens is 786 g/mol. The zero-order chi connectivity index (χ0) is 43.6. The van der Waals surface area contributed by atoms with Crippen molar-refractivity contribution in [1.29, 1.82) is 0 Å². The van der Waals surface area contributed by atoms with Crippen molar-refractivity contribution in [2.24, 2.45) is 11.3 Å². The highest BCUT2D eigenvalue weighted by Crippen LogP contribution is 2.70. The number of aliphatic hydroxyl groups excluding tert-OH is 1. The fraction of sp³-hybridized carbons (Fsp3) is 0.590. The molecule has 20 nitrogen and oxygen atoms in total. The number of cyclic esters (lactones) is 1. The van der Waals surface area contributed by atoms with Gasteiger partial charge in [-0.1, -0.05) is 6.92 Å². The van der Waals surface area contributed by atoms with Gasteiger partial charge in [-0.2, -0.15) is 0 Å². The van der Waals surface area contributed by atoms with Crippen LogP contribution < -0.4 is 0 Å². The lowest BCUT2D eigenvalue weighted by Gasteiger charge is -2.67. The standard InChI is InChI=1S/C39H45NO19/c1-17-23-9-11-40-13-24(23)33(47)53-15-35(6)25-27(57-32(46)22-10-12-51-14-22)31(56-21(5)44)38(16-52-18(2)41)30(55-20(4)43)26(45)29(58-34(48)36(17,7)49)37(8,50)39(38,59-35)28(25)54-19(3)42/h9-14,17,25-31,45,49-50H,15-16H2,1-8H3. The Kier molecular flexibility index (Phi) is 11.0. The Hall–Kier alpha value is -5.44. The fourth-order valence-corrected chi connectivity index (χ4v) is 9.39. The van der Waals surface area contributed by atoms with Gasteiger partial charge in [0, 0.05) is 46.0 Å². The van der Waals surface area contributed by atoms with Crippen molar-refractivity contribution in [1.82, 2.24) is 4.98 Å². The van der Waals surface area contributed by atoms with E-state index in [0.29, 0.717) is 0 Å². The number of aromatic nitrogens is 1. The van der Waals surface area contributed by atoms with E-state index in [9.17, 15) is 48.9 Å². The van der Waals surface area contributed by atoms with Crippen LogP contribution in [0.2, 0.25) is 0 Å². The molecular formula is C39H45NO19. The molecule has 2 aliphatic heterocycles. The number of pyridine rings is 1. The van der Waals surface area contributed by atoms with Gasteiger partial charge in [-0.25, -0.2) is 14.4 Å². The van der Waals surface area contributed by atoms with Gasteiger partial charge in [-0.05, 0) is 38.5 Å². The molecule has 0 radical (unpaired) electrons. The van der Waals surface area contributed by atoms with Gasteiger partial charge in [0.15, 0.2) is 23.4 Å². The van der Waals surface area contributed by atoms with Crippen LogP contribution in [0.15, 0.2) is 41.5 Å². The number of ether oxygens (including phenoxy) is 8. The summed E-state index contributed by atoms with van der Waals surface area (Å²) in [5.74, 6) is -10.9. The molecule has 1 spiro atoms. The first kappa shape index (κ1) is 43.1. The highest BCUT2D eigenvalue weighted by Gasteiger charge is 2.91. The summed E-state index contributed by atoms with van der Waals surface area (Å²) in [5.41, 5.74) is -13.5. The molecule has 3 N–H and O–H groups in total. The van der Waals surface area contributed by atoms with Crippen molar-refractivity contribution >= 4 is 41.8 Å². The lowest BCUT2D eigenvalue weighted by atomic mass is 9.45. The van der Waals surface area contributed by atoms with Crippen molar-refractivity contribution in [2.45, 2.75) is 120 Å². The number of fused-ring (bicyclic) bond motifs is 5. The topological polar surface area (TPSA) is 280 Å². The second kappa shape index (κ2) is 15.0. The first-order valence-corrected chi connectivity index (χ1v) is 18.5. The molecule has 13 atom stereocenters. The van der Waals surface area contributed by atoms with Crippen LogP contribution in [0.1, 0.15) is 87.6 Å². The molecule has 4 bridgehead atoms. The van der Waals surface area contributed by atoms with Gasteiger partial charge < -0.3 is 57.6 Å². The molecule has 13 unspecified atom stereocenters. The van der Waals surface area contributed by atoms with E-state index >= 15 is 0 Å². The van der Waals surface area contributed by atoms with Gasteiger partial charge in [-0.15, -0.1) is 0 Å². The zero-order valence-electron chi connectivity index (χ0n) is 33.3. The SMILES string of the molecule is CC(=O)OCC12C(OC(C)=O)C(O)C3OC(=O)C(C)(O)C(C)c4ccncc4C(=O)OCC4(C)OC1(C(OC(C)=O)C4C(OC(=O)c1ccoc1)C2OC(C)=O)C3(C)O. The summed E-state index contributed by atoms with van der Waals surface area (Å²) in [6, 6.07) is 2.58. The molecule has 59 heavy (non-hydrogen) atoms. The highest BCUT2D eigenvalue weighted by molar-refractivity contribution is 5.92. The largest absolute Gasteiger partial charge is 0.472 e. The molecule has 6 rings (SSSR count). The van der Waals surface area contributed by atoms with Crippen LogP contribution in [-0.2, 0) is 61.9 Å². The smallest absolute Gasteiger partial charge is 0.341 e. The predicted molar refractivity (Wildman–Crippen MR) is 189 cm³/mol. The number of carbonyl (C=O) groups is 7. The summed E-state index contributed by atoms with van der Waals surface area (Å²) >= 11 is 0. The number of nitrogens with zero attached hydrogens (tertiary/aromatic N) is 1. The van der Waals surface area contributed by atoms with E-state index in [4.69, 9.17) is 42.3 Å². The molecule has 0 amide bonds. The van der Waals surface area contributed by atoms with Crippen molar-refractivity contribution in [3.8, 4) is 0 Å². The van der Waals surface area contributed by atoms with E-state index in [-0.39, 0.29) is 16.7 Å². The quantitative estimate of drug-likeness (QED) is 0.252. The van der Waals surface area contributed by atoms with Gasteiger partial charge in [0.25, 0.3) is 0 Å².